The summed E-state index contributed by atoms with van der Waals surface area (Å²) in [4.78, 5) is 11.0. The summed E-state index contributed by atoms with van der Waals surface area (Å²) in [5.41, 5.74) is 12.0. The predicted molar refractivity (Wildman–Crippen MR) is 69.0 cm³/mol. The predicted octanol–water partition coefficient (Wildman–Crippen LogP) is 1.29. The summed E-state index contributed by atoms with van der Waals surface area (Å²) >= 11 is 0. The number of nitrogen functional groups attached to an aromatic ring is 1. The lowest BCUT2D eigenvalue weighted by molar-refractivity contribution is -0.142. The van der Waals surface area contributed by atoms with E-state index in [1.165, 1.54) is 25.3 Å². The van der Waals surface area contributed by atoms with Gasteiger partial charge in [0.15, 0.2) is 0 Å². The van der Waals surface area contributed by atoms with Crippen LogP contribution >= 0.6 is 24.8 Å². The molecule has 0 saturated carbocycles. The van der Waals surface area contributed by atoms with Crippen molar-refractivity contribution in [2.45, 2.75) is 12.5 Å². The zero-order chi connectivity index (χ0) is 11.4. The number of benzene rings is 1. The quantitative estimate of drug-likeness (QED) is 0.648. The molecule has 0 unspecified atom stereocenters. The molecule has 1 aromatic carbocycles. The molecular weight excluding hydrogens is 270 g/mol. The maximum atomic E-state index is 12.7. The van der Waals surface area contributed by atoms with E-state index in [1.54, 1.807) is 0 Å². The highest BCUT2D eigenvalue weighted by molar-refractivity contribution is 5.85. The normalized spacial score (nSPS) is 10.8. The minimum absolute atomic E-state index is 0. The minimum Gasteiger partial charge on any atom is -0.468 e. The van der Waals surface area contributed by atoms with E-state index in [1.807, 2.05) is 0 Å². The average Bonchev–Trinajstić information content (AvgIpc) is 2.20. The third kappa shape index (κ3) is 5.21. The summed E-state index contributed by atoms with van der Waals surface area (Å²) < 4.78 is 17.2. The van der Waals surface area contributed by atoms with E-state index in [2.05, 4.69) is 4.74 Å². The highest BCUT2D eigenvalue weighted by Gasteiger charge is 2.15. The van der Waals surface area contributed by atoms with Gasteiger partial charge in [-0.25, -0.2) is 4.39 Å². The Labute approximate surface area is 111 Å². The van der Waals surface area contributed by atoms with Gasteiger partial charge in [0.25, 0.3) is 0 Å². The van der Waals surface area contributed by atoms with Gasteiger partial charge < -0.3 is 16.2 Å². The number of nitrogens with two attached hydrogens (primary N) is 2. The zero-order valence-electron chi connectivity index (χ0n) is 9.18. The molecule has 0 aliphatic heterocycles. The summed E-state index contributed by atoms with van der Waals surface area (Å²) in [6.45, 7) is 0. The number of hydrogen-bond donors (Lipinski definition) is 2. The lowest BCUT2D eigenvalue weighted by Gasteiger charge is -2.10. The number of hydrogen-bond acceptors (Lipinski definition) is 4. The van der Waals surface area contributed by atoms with Crippen molar-refractivity contribution in [1.29, 1.82) is 0 Å². The standard InChI is InChI=1S/C10H13FN2O2.2ClH/c1-15-10(14)9(13)4-6-2-3-7(11)5-8(6)12;;/h2-3,5,9H,4,12-13H2,1H3;2*1H/t9-;;/m0../s1. The van der Waals surface area contributed by atoms with Crippen LogP contribution in [0.1, 0.15) is 5.56 Å². The van der Waals surface area contributed by atoms with Crippen LogP contribution in [0, 0.1) is 5.82 Å². The molecule has 0 radical (unpaired) electrons. The molecule has 98 valence electrons. The number of methoxy groups -OCH3 is 1. The average molecular weight is 285 g/mol. The first kappa shape index (κ1) is 18.3. The van der Waals surface area contributed by atoms with Crippen LogP contribution in [0.15, 0.2) is 18.2 Å². The van der Waals surface area contributed by atoms with Crippen LogP contribution in [0.3, 0.4) is 0 Å². The number of rotatable bonds is 3. The Bertz CT molecular complexity index is 377. The maximum Gasteiger partial charge on any atom is 0.322 e. The fourth-order valence-corrected chi connectivity index (χ4v) is 1.22. The van der Waals surface area contributed by atoms with Crippen molar-refractivity contribution < 1.29 is 13.9 Å². The first-order chi connectivity index (χ1) is 7.04. The van der Waals surface area contributed by atoms with Crippen molar-refractivity contribution in [3.8, 4) is 0 Å². The molecule has 0 heterocycles. The first-order valence-electron chi connectivity index (χ1n) is 4.42. The van der Waals surface area contributed by atoms with Crippen molar-refractivity contribution in [1.82, 2.24) is 0 Å². The van der Waals surface area contributed by atoms with Crippen molar-refractivity contribution in [2.75, 3.05) is 12.8 Å². The van der Waals surface area contributed by atoms with Gasteiger partial charge in [0.05, 0.1) is 7.11 Å². The van der Waals surface area contributed by atoms with Gasteiger partial charge in [-0.3, -0.25) is 4.79 Å². The van der Waals surface area contributed by atoms with Crippen molar-refractivity contribution in [2.24, 2.45) is 5.73 Å². The smallest absolute Gasteiger partial charge is 0.322 e. The van der Waals surface area contributed by atoms with E-state index < -0.39 is 17.8 Å². The van der Waals surface area contributed by atoms with E-state index in [0.717, 1.165) is 0 Å². The minimum atomic E-state index is -0.775. The van der Waals surface area contributed by atoms with E-state index >= 15 is 0 Å². The van der Waals surface area contributed by atoms with Crippen LogP contribution in [0.4, 0.5) is 10.1 Å². The van der Waals surface area contributed by atoms with Gasteiger partial charge >= 0.3 is 5.97 Å². The second-order valence-corrected chi connectivity index (χ2v) is 3.18. The van der Waals surface area contributed by atoms with Crippen molar-refractivity contribution in [3.05, 3.63) is 29.6 Å². The van der Waals surface area contributed by atoms with Crippen LogP contribution in [0.2, 0.25) is 0 Å². The fraction of sp³-hybridized carbons (Fsp3) is 0.300. The molecule has 0 fully saturated rings. The number of halogens is 3. The van der Waals surface area contributed by atoms with Crippen LogP contribution in [-0.4, -0.2) is 19.1 Å². The van der Waals surface area contributed by atoms with Gasteiger partial charge in [-0.1, -0.05) is 6.07 Å². The summed E-state index contributed by atoms with van der Waals surface area (Å²) in [5, 5.41) is 0. The van der Waals surface area contributed by atoms with E-state index in [-0.39, 0.29) is 36.9 Å². The lowest BCUT2D eigenvalue weighted by Crippen LogP contribution is -2.33. The van der Waals surface area contributed by atoms with Gasteiger partial charge in [-0.05, 0) is 17.7 Å². The van der Waals surface area contributed by atoms with Gasteiger partial charge in [0.1, 0.15) is 11.9 Å². The highest BCUT2D eigenvalue weighted by Crippen LogP contribution is 2.15. The van der Waals surface area contributed by atoms with Crippen LogP contribution in [-0.2, 0) is 16.0 Å². The van der Waals surface area contributed by atoms with Gasteiger partial charge in [-0.15, -0.1) is 24.8 Å². The van der Waals surface area contributed by atoms with Gasteiger partial charge in [0.2, 0.25) is 0 Å². The molecule has 0 aliphatic rings. The van der Waals surface area contributed by atoms with Crippen LogP contribution < -0.4 is 11.5 Å². The second kappa shape index (κ2) is 8.11. The molecule has 1 aromatic rings. The molecule has 0 saturated heterocycles. The number of anilines is 1. The molecular formula is C10H15Cl2FN2O2. The Balaban J connectivity index is 0. The Morgan fingerprint density at radius 1 is 1.47 bits per heavy atom. The molecule has 17 heavy (non-hydrogen) atoms. The molecule has 1 atom stereocenters. The third-order valence-electron chi connectivity index (χ3n) is 2.05. The molecule has 0 amide bonds. The second-order valence-electron chi connectivity index (χ2n) is 3.18. The summed E-state index contributed by atoms with van der Waals surface area (Å²) in [7, 11) is 1.26. The number of carbonyl (C=O) groups excluding carboxylic acids is 1. The Morgan fingerprint density at radius 3 is 2.53 bits per heavy atom. The number of carbonyl (C=O) groups is 1. The Kier molecular flexibility index (Phi) is 8.74. The highest BCUT2D eigenvalue weighted by atomic mass is 35.5. The summed E-state index contributed by atoms with van der Waals surface area (Å²) in [5.74, 6) is -0.929. The zero-order valence-corrected chi connectivity index (χ0v) is 10.8. The first-order valence-corrected chi connectivity index (χ1v) is 4.42. The lowest BCUT2D eigenvalue weighted by atomic mass is 10.0. The number of ether oxygens (including phenoxy) is 1. The SMILES string of the molecule is COC(=O)[C@@H](N)Cc1ccc(F)cc1N.Cl.Cl. The monoisotopic (exact) mass is 284 g/mol. The molecule has 4 nitrogen and oxygen atoms in total. The number of esters is 1. The van der Waals surface area contributed by atoms with Crippen molar-refractivity contribution >= 4 is 36.5 Å². The van der Waals surface area contributed by atoms with E-state index in [9.17, 15) is 9.18 Å². The maximum absolute atomic E-state index is 12.7. The third-order valence-corrected chi connectivity index (χ3v) is 2.05. The molecule has 1 rings (SSSR count). The molecule has 0 aliphatic carbocycles. The topological polar surface area (TPSA) is 78.3 Å². The van der Waals surface area contributed by atoms with Crippen LogP contribution in [0.25, 0.3) is 0 Å². The molecule has 0 bridgehead atoms. The van der Waals surface area contributed by atoms with E-state index in [4.69, 9.17) is 11.5 Å². The Morgan fingerprint density at radius 2 is 2.06 bits per heavy atom. The van der Waals surface area contributed by atoms with Gasteiger partial charge in [-0.2, -0.15) is 0 Å². The van der Waals surface area contributed by atoms with Gasteiger partial charge in [0, 0.05) is 12.1 Å². The Hall–Kier alpha value is -1.04. The fourth-order valence-electron chi connectivity index (χ4n) is 1.22. The largest absolute Gasteiger partial charge is 0.468 e. The molecule has 7 heteroatoms. The summed E-state index contributed by atoms with van der Waals surface area (Å²) in [6, 6.07) is 3.20. The summed E-state index contributed by atoms with van der Waals surface area (Å²) in [6.07, 6.45) is 0.235. The van der Waals surface area contributed by atoms with Crippen molar-refractivity contribution in [3.63, 3.8) is 0 Å². The molecule has 4 N–H and O–H groups in total. The molecule has 0 spiro atoms. The van der Waals surface area contributed by atoms with E-state index in [0.29, 0.717) is 5.56 Å². The molecule has 0 aromatic heterocycles. The van der Waals surface area contributed by atoms with Crippen LogP contribution in [0.5, 0.6) is 0 Å².